The number of anilines is 1. The van der Waals surface area contributed by atoms with E-state index < -0.39 is 10.0 Å². The Balaban J connectivity index is 2.94. The van der Waals surface area contributed by atoms with Crippen LogP contribution in [0.1, 0.15) is 30.9 Å². The van der Waals surface area contributed by atoms with Gasteiger partial charge in [0.15, 0.2) is 0 Å². The summed E-state index contributed by atoms with van der Waals surface area (Å²) in [5, 5.41) is 8.69. The van der Waals surface area contributed by atoms with Crippen LogP contribution in [0.25, 0.3) is 0 Å². The average molecular weight is 281 g/mol. The molecule has 19 heavy (non-hydrogen) atoms. The first-order chi connectivity index (χ1) is 8.98. The van der Waals surface area contributed by atoms with Crippen molar-refractivity contribution in [2.45, 2.75) is 26.7 Å². The summed E-state index contributed by atoms with van der Waals surface area (Å²) in [5.41, 5.74) is 2.27. The molecule has 0 aliphatic carbocycles. The molecule has 0 heterocycles. The van der Waals surface area contributed by atoms with E-state index in [1.165, 1.54) is 0 Å². The summed E-state index contributed by atoms with van der Waals surface area (Å²) < 4.78 is 25.9. The Morgan fingerprint density at radius 1 is 1.37 bits per heavy atom. The third-order valence-corrected chi connectivity index (χ3v) is 3.94. The van der Waals surface area contributed by atoms with E-state index in [-0.39, 0.29) is 12.4 Å². The van der Waals surface area contributed by atoms with E-state index in [1.54, 1.807) is 12.1 Å². The van der Waals surface area contributed by atoms with Gasteiger partial charge in [0.05, 0.1) is 12.4 Å². The molecule has 0 unspecified atom stereocenters. The Bertz CT molecular complexity index is 582. The van der Waals surface area contributed by atoms with E-state index in [4.69, 9.17) is 5.11 Å². The normalized spacial score (nSPS) is 10.7. The van der Waals surface area contributed by atoms with Crippen molar-refractivity contribution in [2.75, 3.05) is 17.1 Å². The predicted octanol–water partition coefficient (Wildman–Crippen LogP) is 1.88. The summed E-state index contributed by atoms with van der Waals surface area (Å²) in [6.45, 7) is 3.75. The molecule has 0 atom stereocenters. The second-order valence-corrected chi connectivity index (χ2v) is 6.07. The fourth-order valence-electron chi connectivity index (χ4n) is 1.53. The average Bonchev–Trinajstić information content (AvgIpc) is 2.33. The largest absolute Gasteiger partial charge is 0.395 e. The van der Waals surface area contributed by atoms with Crippen LogP contribution in [-0.2, 0) is 10.0 Å². The van der Waals surface area contributed by atoms with Gasteiger partial charge in [-0.05, 0) is 31.0 Å². The molecule has 1 aromatic carbocycles. The van der Waals surface area contributed by atoms with Gasteiger partial charge in [-0.1, -0.05) is 24.8 Å². The zero-order valence-electron chi connectivity index (χ0n) is 11.2. The van der Waals surface area contributed by atoms with E-state index in [0.717, 1.165) is 11.1 Å². The van der Waals surface area contributed by atoms with Gasteiger partial charge >= 0.3 is 0 Å². The number of sulfonamides is 1. The van der Waals surface area contributed by atoms with E-state index in [9.17, 15) is 8.42 Å². The van der Waals surface area contributed by atoms with Crippen molar-refractivity contribution < 1.29 is 13.5 Å². The second-order valence-electron chi connectivity index (χ2n) is 4.23. The molecule has 5 heteroatoms. The Hall–Kier alpha value is -1.51. The van der Waals surface area contributed by atoms with Crippen LogP contribution in [-0.4, -0.2) is 25.9 Å². The third-order valence-electron chi connectivity index (χ3n) is 2.44. The lowest BCUT2D eigenvalue weighted by Crippen LogP contribution is -2.16. The summed E-state index contributed by atoms with van der Waals surface area (Å²) >= 11 is 0. The first-order valence-electron chi connectivity index (χ1n) is 6.19. The summed E-state index contributed by atoms with van der Waals surface area (Å²) in [6, 6.07) is 5.26. The van der Waals surface area contributed by atoms with Crippen molar-refractivity contribution >= 4 is 15.7 Å². The molecule has 0 aliphatic rings. The van der Waals surface area contributed by atoms with Crippen molar-refractivity contribution in [3.8, 4) is 11.8 Å². The number of aliphatic hydroxyl groups excluding tert-OH is 1. The second kappa shape index (κ2) is 7.17. The molecule has 0 spiro atoms. The topological polar surface area (TPSA) is 66.4 Å². The lowest BCUT2D eigenvalue weighted by molar-refractivity contribution is 0.305. The Morgan fingerprint density at radius 3 is 2.74 bits per heavy atom. The molecule has 104 valence electrons. The fourth-order valence-corrected chi connectivity index (χ4v) is 2.66. The van der Waals surface area contributed by atoms with E-state index >= 15 is 0 Å². The molecule has 0 amide bonds. The number of benzene rings is 1. The summed E-state index contributed by atoms with van der Waals surface area (Å²) in [6.07, 6.45) is 0.982. The molecule has 0 fully saturated rings. The highest BCUT2D eigenvalue weighted by atomic mass is 32.2. The fraction of sp³-hybridized carbons (Fsp3) is 0.429. The van der Waals surface area contributed by atoms with Crippen LogP contribution in [0.3, 0.4) is 0 Å². The number of nitrogens with one attached hydrogen (secondary N) is 1. The summed E-state index contributed by atoms with van der Waals surface area (Å²) in [5.74, 6) is 5.86. The lowest BCUT2D eigenvalue weighted by atomic mass is 10.1. The minimum absolute atomic E-state index is 0.0227. The molecule has 1 rings (SSSR count). The van der Waals surface area contributed by atoms with Gasteiger partial charge < -0.3 is 5.11 Å². The van der Waals surface area contributed by atoms with Gasteiger partial charge in [0, 0.05) is 17.7 Å². The molecular weight excluding hydrogens is 262 g/mol. The highest BCUT2D eigenvalue weighted by Gasteiger charge is 2.09. The smallest absolute Gasteiger partial charge is 0.232 e. The Kier molecular flexibility index (Phi) is 5.87. The number of hydrogen-bond donors (Lipinski definition) is 2. The molecule has 0 aliphatic heterocycles. The van der Waals surface area contributed by atoms with Gasteiger partial charge in [0.2, 0.25) is 10.0 Å². The van der Waals surface area contributed by atoms with Crippen molar-refractivity contribution in [3.63, 3.8) is 0 Å². The van der Waals surface area contributed by atoms with Crippen molar-refractivity contribution in [1.82, 2.24) is 0 Å². The van der Waals surface area contributed by atoms with Crippen LogP contribution in [0.2, 0.25) is 0 Å². The van der Waals surface area contributed by atoms with Gasteiger partial charge in [-0.25, -0.2) is 8.42 Å². The zero-order valence-corrected chi connectivity index (χ0v) is 12.0. The summed E-state index contributed by atoms with van der Waals surface area (Å²) in [4.78, 5) is 0. The number of aryl methyl sites for hydroxylation is 1. The zero-order chi connectivity index (χ0) is 14.3. The highest BCUT2D eigenvalue weighted by Crippen LogP contribution is 2.16. The van der Waals surface area contributed by atoms with Gasteiger partial charge in [-0.3, -0.25) is 4.72 Å². The standard InChI is InChI=1S/C14H19NO3S/c1-3-10-19(17,18)15-14-8-7-12(2)13(11-14)6-4-5-9-16/h7-8,11,15-16H,3,5,9-10H2,1-2H3. The first-order valence-corrected chi connectivity index (χ1v) is 7.84. The maximum absolute atomic E-state index is 11.7. The SMILES string of the molecule is CCCS(=O)(=O)Nc1ccc(C)c(C#CCCO)c1. The minimum atomic E-state index is -3.28. The number of hydrogen-bond acceptors (Lipinski definition) is 3. The van der Waals surface area contributed by atoms with Crippen molar-refractivity contribution in [2.24, 2.45) is 0 Å². The highest BCUT2D eigenvalue weighted by molar-refractivity contribution is 7.92. The van der Waals surface area contributed by atoms with Gasteiger partial charge in [-0.15, -0.1) is 0 Å². The summed E-state index contributed by atoms with van der Waals surface area (Å²) in [7, 11) is -3.28. The lowest BCUT2D eigenvalue weighted by Gasteiger charge is -2.08. The van der Waals surface area contributed by atoms with Gasteiger partial charge in [0.1, 0.15) is 0 Å². The van der Waals surface area contributed by atoms with Crippen LogP contribution in [0.5, 0.6) is 0 Å². The third kappa shape index (κ3) is 5.33. The van der Waals surface area contributed by atoms with Crippen molar-refractivity contribution in [3.05, 3.63) is 29.3 Å². The van der Waals surface area contributed by atoms with E-state index in [0.29, 0.717) is 18.5 Å². The van der Waals surface area contributed by atoms with Crippen LogP contribution >= 0.6 is 0 Å². The van der Waals surface area contributed by atoms with Crippen LogP contribution in [0.4, 0.5) is 5.69 Å². The molecule has 2 N–H and O–H groups in total. The number of rotatable bonds is 5. The maximum Gasteiger partial charge on any atom is 0.232 e. The van der Waals surface area contributed by atoms with Gasteiger partial charge in [-0.2, -0.15) is 0 Å². The molecular formula is C14H19NO3S. The maximum atomic E-state index is 11.7. The molecule has 0 aromatic heterocycles. The molecule has 0 bridgehead atoms. The Morgan fingerprint density at radius 2 is 2.11 bits per heavy atom. The number of aliphatic hydroxyl groups is 1. The molecule has 0 saturated heterocycles. The van der Waals surface area contributed by atoms with E-state index in [1.807, 2.05) is 19.9 Å². The molecule has 0 saturated carbocycles. The van der Waals surface area contributed by atoms with Crippen LogP contribution in [0.15, 0.2) is 18.2 Å². The van der Waals surface area contributed by atoms with Crippen molar-refractivity contribution in [1.29, 1.82) is 0 Å². The van der Waals surface area contributed by atoms with Gasteiger partial charge in [0.25, 0.3) is 0 Å². The van der Waals surface area contributed by atoms with Crippen LogP contribution < -0.4 is 4.72 Å². The minimum Gasteiger partial charge on any atom is -0.395 e. The Labute approximate surface area is 114 Å². The molecule has 1 aromatic rings. The van der Waals surface area contributed by atoms with Crippen LogP contribution in [0, 0.1) is 18.8 Å². The molecule has 4 nitrogen and oxygen atoms in total. The quantitative estimate of drug-likeness (QED) is 0.810. The first kappa shape index (κ1) is 15.5. The molecule has 0 radical (unpaired) electrons. The van der Waals surface area contributed by atoms with E-state index in [2.05, 4.69) is 16.6 Å². The predicted molar refractivity (Wildman–Crippen MR) is 77.5 cm³/mol. The monoisotopic (exact) mass is 281 g/mol.